The molecule has 0 saturated heterocycles. The third-order valence-corrected chi connectivity index (χ3v) is 2.63. The summed E-state index contributed by atoms with van der Waals surface area (Å²) in [6.07, 6.45) is 0.284. The van der Waals surface area contributed by atoms with Gasteiger partial charge in [-0.25, -0.2) is 4.39 Å². The Morgan fingerprint density at radius 2 is 2.24 bits per heavy atom. The second-order valence-corrected chi connectivity index (χ2v) is 4.59. The van der Waals surface area contributed by atoms with Crippen LogP contribution in [-0.2, 0) is 11.3 Å². The summed E-state index contributed by atoms with van der Waals surface area (Å²) in [5.74, 6) is -0.535. The number of hydrogen-bond donors (Lipinski definition) is 1. The number of carbonyl (C=O) groups is 1. The summed E-state index contributed by atoms with van der Waals surface area (Å²) < 4.78 is 13.2. The Hall–Kier alpha value is -1.13. The predicted molar refractivity (Wildman–Crippen MR) is 66.2 cm³/mol. The van der Waals surface area contributed by atoms with Crippen LogP contribution in [0.1, 0.15) is 18.9 Å². The van der Waals surface area contributed by atoms with Gasteiger partial charge in [-0.05, 0) is 24.6 Å². The molecular formula is C12H16ClFN2O. The van der Waals surface area contributed by atoms with Gasteiger partial charge in [0.25, 0.3) is 0 Å². The SMILES string of the molecule is CC(N)CC(=O)N(C)Cc1ccc(Cl)c(F)c1. The molecule has 1 aromatic carbocycles. The van der Waals surface area contributed by atoms with Gasteiger partial charge >= 0.3 is 0 Å². The maximum atomic E-state index is 13.2. The lowest BCUT2D eigenvalue weighted by Gasteiger charge is -2.18. The van der Waals surface area contributed by atoms with Gasteiger partial charge in [0.2, 0.25) is 5.91 Å². The van der Waals surface area contributed by atoms with E-state index in [0.717, 1.165) is 0 Å². The molecule has 1 atom stereocenters. The van der Waals surface area contributed by atoms with Crippen LogP contribution in [0.5, 0.6) is 0 Å². The van der Waals surface area contributed by atoms with E-state index in [1.165, 1.54) is 17.0 Å². The number of carbonyl (C=O) groups excluding carboxylic acids is 1. The zero-order chi connectivity index (χ0) is 13.0. The molecule has 0 aromatic heterocycles. The number of nitrogens with two attached hydrogens (primary N) is 1. The highest BCUT2D eigenvalue weighted by atomic mass is 35.5. The average Bonchev–Trinajstić information content (AvgIpc) is 2.22. The van der Waals surface area contributed by atoms with Crippen LogP contribution in [0.25, 0.3) is 0 Å². The monoisotopic (exact) mass is 258 g/mol. The molecular weight excluding hydrogens is 243 g/mol. The van der Waals surface area contributed by atoms with Crippen LogP contribution in [0.3, 0.4) is 0 Å². The molecule has 0 aliphatic carbocycles. The highest BCUT2D eigenvalue weighted by Gasteiger charge is 2.12. The van der Waals surface area contributed by atoms with Crippen molar-refractivity contribution in [2.24, 2.45) is 5.73 Å². The minimum atomic E-state index is -0.475. The Balaban J connectivity index is 2.64. The first-order chi connectivity index (χ1) is 7.90. The molecule has 5 heteroatoms. The predicted octanol–water partition coefficient (Wildman–Crippen LogP) is 2.17. The van der Waals surface area contributed by atoms with Crippen molar-refractivity contribution < 1.29 is 9.18 Å². The van der Waals surface area contributed by atoms with Crippen molar-refractivity contribution in [2.45, 2.75) is 25.9 Å². The molecule has 1 rings (SSSR count). The summed E-state index contributed by atoms with van der Waals surface area (Å²) in [6.45, 7) is 2.12. The first kappa shape index (κ1) is 13.9. The fourth-order valence-corrected chi connectivity index (χ4v) is 1.55. The van der Waals surface area contributed by atoms with Crippen molar-refractivity contribution in [1.82, 2.24) is 4.90 Å². The van der Waals surface area contributed by atoms with Gasteiger partial charge in [-0.2, -0.15) is 0 Å². The van der Waals surface area contributed by atoms with E-state index in [4.69, 9.17) is 17.3 Å². The van der Waals surface area contributed by atoms with Crippen molar-refractivity contribution >= 4 is 17.5 Å². The molecule has 0 spiro atoms. The van der Waals surface area contributed by atoms with Crippen LogP contribution in [-0.4, -0.2) is 23.9 Å². The Kier molecular flexibility index (Phi) is 4.90. The zero-order valence-electron chi connectivity index (χ0n) is 9.91. The molecule has 2 N–H and O–H groups in total. The van der Waals surface area contributed by atoms with Crippen LogP contribution in [0, 0.1) is 5.82 Å². The van der Waals surface area contributed by atoms with E-state index in [2.05, 4.69) is 0 Å². The summed E-state index contributed by atoms with van der Waals surface area (Å²) in [7, 11) is 1.66. The number of hydrogen-bond acceptors (Lipinski definition) is 2. The van der Waals surface area contributed by atoms with Gasteiger partial charge in [0, 0.05) is 26.1 Å². The van der Waals surface area contributed by atoms with Crippen LogP contribution in [0.2, 0.25) is 5.02 Å². The number of rotatable bonds is 4. The van der Waals surface area contributed by atoms with E-state index in [-0.39, 0.29) is 23.4 Å². The Labute approximate surface area is 105 Å². The summed E-state index contributed by atoms with van der Waals surface area (Å²) >= 11 is 5.58. The topological polar surface area (TPSA) is 46.3 Å². The van der Waals surface area contributed by atoms with Crippen molar-refractivity contribution in [1.29, 1.82) is 0 Å². The van der Waals surface area contributed by atoms with E-state index in [1.54, 1.807) is 20.0 Å². The number of nitrogens with zero attached hydrogens (tertiary/aromatic N) is 1. The number of halogens is 2. The number of amides is 1. The van der Waals surface area contributed by atoms with Crippen molar-refractivity contribution in [3.63, 3.8) is 0 Å². The molecule has 17 heavy (non-hydrogen) atoms. The second-order valence-electron chi connectivity index (χ2n) is 4.18. The van der Waals surface area contributed by atoms with E-state index >= 15 is 0 Å². The third kappa shape index (κ3) is 4.32. The summed E-state index contributed by atoms with van der Waals surface area (Å²) in [5, 5.41) is 0.0818. The van der Waals surface area contributed by atoms with E-state index in [0.29, 0.717) is 12.1 Å². The maximum Gasteiger partial charge on any atom is 0.224 e. The Bertz CT molecular complexity index is 409. The fourth-order valence-electron chi connectivity index (χ4n) is 1.43. The van der Waals surface area contributed by atoms with Gasteiger partial charge in [-0.1, -0.05) is 17.7 Å². The molecule has 1 amide bonds. The van der Waals surface area contributed by atoms with E-state index < -0.39 is 5.82 Å². The minimum Gasteiger partial charge on any atom is -0.341 e. The Morgan fingerprint density at radius 1 is 1.59 bits per heavy atom. The van der Waals surface area contributed by atoms with E-state index in [9.17, 15) is 9.18 Å². The molecule has 0 bridgehead atoms. The first-order valence-corrected chi connectivity index (χ1v) is 5.71. The summed E-state index contributed by atoms with van der Waals surface area (Å²) in [5.41, 5.74) is 6.24. The van der Waals surface area contributed by atoms with Crippen LogP contribution in [0.15, 0.2) is 18.2 Å². The smallest absolute Gasteiger partial charge is 0.224 e. The third-order valence-electron chi connectivity index (χ3n) is 2.33. The summed E-state index contributed by atoms with van der Waals surface area (Å²) in [4.78, 5) is 13.2. The lowest BCUT2D eigenvalue weighted by atomic mass is 10.2. The molecule has 1 unspecified atom stereocenters. The van der Waals surface area contributed by atoms with Gasteiger partial charge in [-0.3, -0.25) is 4.79 Å². The Morgan fingerprint density at radius 3 is 2.76 bits per heavy atom. The van der Waals surface area contributed by atoms with Gasteiger partial charge in [-0.15, -0.1) is 0 Å². The standard InChI is InChI=1S/C12H16ClFN2O/c1-8(15)5-12(17)16(2)7-9-3-4-10(13)11(14)6-9/h3-4,6,8H,5,7,15H2,1-2H3. The fraction of sp³-hybridized carbons (Fsp3) is 0.417. The van der Waals surface area contributed by atoms with Crippen molar-refractivity contribution in [2.75, 3.05) is 7.05 Å². The van der Waals surface area contributed by atoms with Crippen LogP contribution < -0.4 is 5.73 Å². The maximum absolute atomic E-state index is 13.2. The molecule has 1 aromatic rings. The zero-order valence-corrected chi connectivity index (χ0v) is 10.7. The normalized spacial score (nSPS) is 12.3. The molecule has 0 saturated carbocycles. The van der Waals surface area contributed by atoms with Gasteiger partial charge in [0.05, 0.1) is 5.02 Å². The lowest BCUT2D eigenvalue weighted by Crippen LogP contribution is -2.31. The largest absolute Gasteiger partial charge is 0.341 e. The highest BCUT2D eigenvalue weighted by Crippen LogP contribution is 2.16. The van der Waals surface area contributed by atoms with Crippen LogP contribution >= 0.6 is 11.6 Å². The summed E-state index contributed by atoms with van der Waals surface area (Å²) in [6, 6.07) is 4.33. The van der Waals surface area contributed by atoms with Gasteiger partial charge < -0.3 is 10.6 Å². The minimum absolute atomic E-state index is 0.0599. The highest BCUT2D eigenvalue weighted by molar-refractivity contribution is 6.30. The molecule has 0 aliphatic heterocycles. The van der Waals surface area contributed by atoms with Gasteiger partial charge in [0.15, 0.2) is 0 Å². The second kappa shape index (κ2) is 5.98. The molecule has 0 fully saturated rings. The van der Waals surface area contributed by atoms with Crippen molar-refractivity contribution in [3.05, 3.63) is 34.6 Å². The quantitative estimate of drug-likeness (QED) is 0.900. The molecule has 3 nitrogen and oxygen atoms in total. The average molecular weight is 259 g/mol. The molecule has 0 aliphatic rings. The van der Waals surface area contributed by atoms with E-state index in [1.807, 2.05) is 0 Å². The molecule has 94 valence electrons. The molecule has 0 heterocycles. The van der Waals surface area contributed by atoms with Crippen molar-refractivity contribution in [3.8, 4) is 0 Å². The first-order valence-electron chi connectivity index (χ1n) is 5.33. The molecule has 0 radical (unpaired) electrons. The number of benzene rings is 1. The van der Waals surface area contributed by atoms with Crippen LogP contribution in [0.4, 0.5) is 4.39 Å². The van der Waals surface area contributed by atoms with Gasteiger partial charge in [0.1, 0.15) is 5.82 Å². The lowest BCUT2D eigenvalue weighted by molar-refractivity contribution is -0.130.